The Morgan fingerprint density at radius 1 is 0.571 bits per heavy atom. The van der Waals surface area contributed by atoms with Crippen molar-refractivity contribution in [1.29, 1.82) is 0 Å². The van der Waals surface area contributed by atoms with Gasteiger partial charge in [0.25, 0.3) is 0 Å². The molecule has 0 spiro atoms. The second-order valence-electron chi connectivity index (χ2n) is 3.58. The topological polar surface area (TPSA) is 86.7 Å². The Bertz CT molecular complexity index is 315. The van der Waals surface area contributed by atoms with Crippen LogP contribution in [0.2, 0.25) is 0 Å². The molecule has 3 aliphatic rings. The van der Waals surface area contributed by atoms with Crippen molar-refractivity contribution in [2.75, 3.05) is 0 Å². The third kappa shape index (κ3) is 0.604. The molecule has 2 saturated heterocycles. The van der Waals surface area contributed by atoms with Crippen molar-refractivity contribution in [2.45, 2.75) is 0 Å². The van der Waals surface area contributed by atoms with Crippen LogP contribution >= 0.6 is 0 Å². The standard InChI is InChI=1S/C8H4O6/c9-5-1-2(6(10)13-5)4-3(1)7(11)14-8(4)12/h1-4H/t1-,2+,3-,4?/m1/s1. The van der Waals surface area contributed by atoms with Crippen LogP contribution in [0.1, 0.15) is 0 Å². The molecule has 0 unspecified atom stereocenters. The number of fused-ring (bicyclic) bond motifs is 4. The Morgan fingerprint density at radius 2 is 0.786 bits per heavy atom. The summed E-state index contributed by atoms with van der Waals surface area (Å²) in [5, 5.41) is 0. The van der Waals surface area contributed by atoms with Crippen molar-refractivity contribution in [3.63, 3.8) is 0 Å². The first-order valence-corrected chi connectivity index (χ1v) is 4.12. The summed E-state index contributed by atoms with van der Waals surface area (Å²) >= 11 is 0. The van der Waals surface area contributed by atoms with E-state index in [9.17, 15) is 19.2 Å². The van der Waals surface area contributed by atoms with Gasteiger partial charge in [-0.3, -0.25) is 19.2 Å². The molecule has 0 amide bonds. The third-order valence-corrected chi connectivity index (χ3v) is 3.04. The highest BCUT2D eigenvalue weighted by molar-refractivity contribution is 6.10. The van der Waals surface area contributed by atoms with E-state index in [1.165, 1.54) is 0 Å². The lowest BCUT2D eigenvalue weighted by atomic mass is 9.59. The fraction of sp³-hybridized carbons (Fsp3) is 0.500. The van der Waals surface area contributed by atoms with Gasteiger partial charge in [-0.2, -0.15) is 0 Å². The van der Waals surface area contributed by atoms with E-state index in [4.69, 9.17) is 0 Å². The van der Waals surface area contributed by atoms with E-state index >= 15 is 0 Å². The Kier molecular flexibility index (Phi) is 1.11. The molecule has 3 fully saturated rings. The van der Waals surface area contributed by atoms with Gasteiger partial charge in [0.2, 0.25) is 0 Å². The molecule has 0 radical (unpaired) electrons. The minimum Gasteiger partial charge on any atom is -0.393 e. The van der Waals surface area contributed by atoms with Crippen LogP contribution in [0.3, 0.4) is 0 Å². The van der Waals surface area contributed by atoms with Gasteiger partial charge in [-0.25, -0.2) is 0 Å². The van der Waals surface area contributed by atoms with Crippen LogP contribution < -0.4 is 0 Å². The van der Waals surface area contributed by atoms with Crippen LogP contribution in [0.15, 0.2) is 0 Å². The average Bonchev–Trinajstić information content (AvgIpc) is 2.31. The van der Waals surface area contributed by atoms with E-state index in [1.807, 2.05) is 0 Å². The summed E-state index contributed by atoms with van der Waals surface area (Å²) in [5.74, 6) is -6.00. The summed E-state index contributed by atoms with van der Waals surface area (Å²) in [7, 11) is 0. The fourth-order valence-corrected chi connectivity index (χ4v) is 2.39. The number of hydrogen-bond acceptors (Lipinski definition) is 6. The summed E-state index contributed by atoms with van der Waals surface area (Å²) in [6.07, 6.45) is 0. The zero-order valence-electron chi connectivity index (χ0n) is 6.76. The highest BCUT2D eigenvalue weighted by Gasteiger charge is 2.72. The summed E-state index contributed by atoms with van der Waals surface area (Å²) in [5.41, 5.74) is 0. The summed E-state index contributed by atoms with van der Waals surface area (Å²) in [6, 6.07) is 0. The molecule has 14 heavy (non-hydrogen) atoms. The molecule has 2 heterocycles. The van der Waals surface area contributed by atoms with Gasteiger partial charge in [-0.1, -0.05) is 0 Å². The van der Waals surface area contributed by atoms with Crippen molar-refractivity contribution < 1.29 is 28.7 Å². The van der Waals surface area contributed by atoms with Gasteiger partial charge in [-0.05, 0) is 0 Å². The van der Waals surface area contributed by atoms with Gasteiger partial charge >= 0.3 is 23.9 Å². The number of cyclic esters (lactones) is 4. The highest BCUT2D eigenvalue weighted by atomic mass is 16.6. The first-order valence-electron chi connectivity index (χ1n) is 4.12. The van der Waals surface area contributed by atoms with Crippen molar-refractivity contribution in [3.05, 3.63) is 0 Å². The quantitative estimate of drug-likeness (QED) is 0.351. The lowest BCUT2D eigenvalue weighted by molar-refractivity contribution is -0.158. The molecule has 0 aromatic carbocycles. The van der Waals surface area contributed by atoms with Gasteiger partial charge in [0, 0.05) is 0 Å². The third-order valence-electron chi connectivity index (χ3n) is 3.04. The van der Waals surface area contributed by atoms with Crippen molar-refractivity contribution >= 4 is 23.9 Å². The van der Waals surface area contributed by atoms with Gasteiger partial charge in [0.05, 0.1) is 23.7 Å². The number of carbonyl (C=O) groups excluding carboxylic acids is 4. The van der Waals surface area contributed by atoms with Crippen molar-refractivity contribution in [3.8, 4) is 0 Å². The molecular weight excluding hydrogens is 192 g/mol. The van der Waals surface area contributed by atoms with Crippen LogP contribution in [0, 0.1) is 23.7 Å². The number of rotatable bonds is 0. The van der Waals surface area contributed by atoms with Crippen LogP contribution in [0.4, 0.5) is 0 Å². The molecule has 6 heteroatoms. The first kappa shape index (κ1) is 7.66. The van der Waals surface area contributed by atoms with E-state index in [1.54, 1.807) is 0 Å². The van der Waals surface area contributed by atoms with Crippen molar-refractivity contribution in [2.24, 2.45) is 23.7 Å². The van der Waals surface area contributed by atoms with Gasteiger partial charge < -0.3 is 9.47 Å². The molecule has 1 saturated carbocycles. The van der Waals surface area contributed by atoms with E-state index in [-0.39, 0.29) is 0 Å². The lowest BCUT2D eigenvalue weighted by Gasteiger charge is -2.33. The maximum absolute atomic E-state index is 11.1. The zero-order chi connectivity index (χ0) is 10.0. The molecular formula is C8H4O6. The molecule has 0 aromatic rings. The predicted molar refractivity (Wildman–Crippen MR) is 36.2 cm³/mol. The van der Waals surface area contributed by atoms with E-state index in [0.29, 0.717) is 0 Å². The SMILES string of the molecule is O=C1OC(=O)[C@H]2C1[C@H]1C(=O)OC(=O)[C@H]12. The van der Waals surface area contributed by atoms with Crippen LogP contribution in [0.5, 0.6) is 0 Å². The minimum atomic E-state index is -0.786. The molecule has 2 aliphatic heterocycles. The van der Waals surface area contributed by atoms with Crippen LogP contribution in [-0.2, 0) is 28.7 Å². The normalized spacial score (nSPS) is 44.0. The summed E-state index contributed by atoms with van der Waals surface area (Å²) in [4.78, 5) is 44.3. The zero-order valence-corrected chi connectivity index (χ0v) is 6.76. The molecule has 0 bridgehead atoms. The van der Waals surface area contributed by atoms with Crippen LogP contribution in [-0.4, -0.2) is 23.9 Å². The molecule has 1 aliphatic carbocycles. The Labute approximate surface area is 77.1 Å². The number of carbonyl (C=O) groups is 4. The van der Waals surface area contributed by atoms with Crippen LogP contribution in [0.25, 0.3) is 0 Å². The number of ether oxygens (including phenoxy) is 2. The smallest absolute Gasteiger partial charge is 0.318 e. The van der Waals surface area contributed by atoms with E-state index in [2.05, 4.69) is 9.47 Å². The highest BCUT2D eigenvalue weighted by Crippen LogP contribution is 2.54. The van der Waals surface area contributed by atoms with Gasteiger partial charge in [-0.15, -0.1) is 0 Å². The second-order valence-corrected chi connectivity index (χ2v) is 3.58. The average molecular weight is 196 g/mol. The lowest BCUT2D eigenvalue weighted by Crippen LogP contribution is -2.50. The molecule has 3 rings (SSSR count). The summed E-state index contributed by atoms with van der Waals surface area (Å²) in [6.45, 7) is 0. The van der Waals surface area contributed by atoms with Gasteiger partial charge in [0.1, 0.15) is 0 Å². The van der Waals surface area contributed by atoms with E-state index < -0.39 is 47.5 Å². The summed E-state index contributed by atoms with van der Waals surface area (Å²) < 4.78 is 8.69. The Hall–Kier alpha value is -1.72. The molecule has 72 valence electrons. The van der Waals surface area contributed by atoms with E-state index in [0.717, 1.165) is 0 Å². The molecule has 0 atom stereocenters. The second kappa shape index (κ2) is 2.02. The van der Waals surface area contributed by atoms with Gasteiger partial charge in [0.15, 0.2) is 0 Å². The Balaban J connectivity index is 2.03. The Morgan fingerprint density at radius 3 is 1.00 bits per heavy atom. The number of esters is 4. The van der Waals surface area contributed by atoms with Crippen molar-refractivity contribution in [1.82, 2.24) is 0 Å². The maximum Gasteiger partial charge on any atom is 0.318 e. The molecule has 6 nitrogen and oxygen atoms in total. The number of hydrogen-bond donors (Lipinski definition) is 0. The fourth-order valence-electron chi connectivity index (χ4n) is 2.39. The largest absolute Gasteiger partial charge is 0.393 e. The molecule has 0 aromatic heterocycles. The monoisotopic (exact) mass is 196 g/mol. The minimum absolute atomic E-state index is 0.715. The first-order chi connectivity index (χ1) is 6.61. The predicted octanol–water partition coefficient (Wildman–Crippen LogP) is -1.37. The molecule has 0 N–H and O–H groups in total. The maximum atomic E-state index is 11.1.